The average Bonchev–Trinajstić information content (AvgIpc) is 2.70. The van der Waals surface area contributed by atoms with Crippen molar-refractivity contribution in [2.75, 3.05) is 19.6 Å². The van der Waals surface area contributed by atoms with Gasteiger partial charge in [-0.2, -0.15) is 5.10 Å². The van der Waals surface area contributed by atoms with E-state index < -0.39 is 0 Å². The Hall–Kier alpha value is -0.940. The monoisotopic (exact) mass is 226 g/mol. The molecule has 0 saturated heterocycles. The van der Waals surface area contributed by atoms with E-state index in [-0.39, 0.29) is 0 Å². The minimum absolute atomic E-state index is 0.590. The summed E-state index contributed by atoms with van der Waals surface area (Å²) < 4.78 is 1.93. The summed E-state index contributed by atoms with van der Waals surface area (Å²) in [5.41, 5.74) is 5.47. The molecule has 0 spiro atoms. The largest absolute Gasteiger partial charge is 0.393 e. The van der Waals surface area contributed by atoms with Crippen molar-refractivity contribution < 1.29 is 0 Å². The van der Waals surface area contributed by atoms with Crippen molar-refractivity contribution in [1.29, 1.82) is 0 Å². The molecule has 0 aliphatic rings. The number of likely N-dealkylation sites (N-methyl/N-ethyl adjacent to an activating group) is 1. The van der Waals surface area contributed by atoms with Crippen LogP contribution in [0.4, 0.5) is 0 Å². The smallest absolute Gasteiger partial charge is 0.0740 e. The normalized spacial score (nSPS) is 10.8. The molecule has 0 atom stereocenters. The molecule has 4 nitrogen and oxygen atoms in total. The van der Waals surface area contributed by atoms with Crippen molar-refractivity contribution in [2.45, 2.75) is 19.9 Å². The van der Waals surface area contributed by atoms with Gasteiger partial charge in [-0.3, -0.25) is 4.68 Å². The van der Waals surface area contributed by atoms with Gasteiger partial charge in [-0.25, -0.2) is 0 Å². The fourth-order valence-corrected chi connectivity index (χ4v) is 1.46. The van der Waals surface area contributed by atoms with Crippen LogP contribution in [0.25, 0.3) is 0 Å². The average molecular weight is 226 g/mol. The van der Waals surface area contributed by atoms with E-state index in [1.165, 1.54) is 0 Å². The SMILES string of the molecule is CCN(CCC(N)=S)CCn1cccn1. The number of hydrogen-bond acceptors (Lipinski definition) is 3. The summed E-state index contributed by atoms with van der Waals surface area (Å²) in [7, 11) is 0. The van der Waals surface area contributed by atoms with Gasteiger partial charge in [0, 0.05) is 31.9 Å². The van der Waals surface area contributed by atoms with Gasteiger partial charge in [-0.15, -0.1) is 0 Å². The van der Waals surface area contributed by atoms with Crippen molar-refractivity contribution >= 4 is 17.2 Å². The lowest BCUT2D eigenvalue weighted by Gasteiger charge is -2.19. The highest BCUT2D eigenvalue weighted by Crippen LogP contribution is 1.94. The first-order valence-corrected chi connectivity index (χ1v) is 5.61. The van der Waals surface area contributed by atoms with Crippen molar-refractivity contribution in [3.05, 3.63) is 18.5 Å². The molecule has 0 bridgehead atoms. The van der Waals surface area contributed by atoms with Crippen LogP contribution in [0.2, 0.25) is 0 Å². The van der Waals surface area contributed by atoms with Crippen molar-refractivity contribution in [3.63, 3.8) is 0 Å². The van der Waals surface area contributed by atoms with Crippen LogP contribution in [0.1, 0.15) is 13.3 Å². The second-order valence-corrected chi connectivity index (χ2v) is 3.94. The summed E-state index contributed by atoms with van der Waals surface area (Å²) in [6.07, 6.45) is 4.56. The fourth-order valence-electron chi connectivity index (χ4n) is 1.37. The van der Waals surface area contributed by atoms with Gasteiger partial charge in [0.25, 0.3) is 0 Å². The van der Waals surface area contributed by atoms with Crippen LogP contribution < -0.4 is 5.73 Å². The summed E-state index contributed by atoms with van der Waals surface area (Å²) in [5, 5.41) is 4.16. The van der Waals surface area contributed by atoms with Crippen LogP contribution in [-0.4, -0.2) is 39.3 Å². The van der Waals surface area contributed by atoms with Crippen molar-refractivity contribution in [3.8, 4) is 0 Å². The number of hydrogen-bond donors (Lipinski definition) is 1. The molecule has 1 aromatic rings. The van der Waals surface area contributed by atoms with E-state index in [2.05, 4.69) is 16.9 Å². The van der Waals surface area contributed by atoms with Crippen LogP contribution in [0.15, 0.2) is 18.5 Å². The molecule has 15 heavy (non-hydrogen) atoms. The van der Waals surface area contributed by atoms with Gasteiger partial charge >= 0.3 is 0 Å². The summed E-state index contributed by atoms with van der Waals surface area (Å²) >= 11 is 4.86. The summed E-state index contributed by atoms with van der Waals surface area (Å²) in [5.74, 6) is 0. The van der Waals surface area contributed by atoms with Crippen molar-refractivity contribution in [1.82, 2.24) is 14.7 Å². The minimum Gasteiger partial charge on any atom is -0.393 e. The van der Waals surface area contributed by atoms with E-state index in [1.54, 1.807) is 6.20 Å². The third kappa shape index (κ3) is 4.90. The number of aromatic nitrogens is 2. The summed E-state index contributed by atoms with van der Waals surface area (Å²) in [4.78, 5) is 2.91. The van der Waals surface area contributed by atoms with Gasteiger partial charge in [0.05, 0.1) is 11.5 Å². The second kappa shape index (κ2) is 6.53. The Balaban J connectivity index is 2.24. The van der Waals surface area contributed by atoms with Crippen LogP contribution in [0, 0.1) is 0 Å². The molecule has 0 fully saturated rings. The molecule has 1 rings (SSSR count). The van der Waals surface area contributed by atoms with Crippen molar-refractivity contribution in [2.24, 2.45) is 5.73 Å². The summed E-state index contributed by atoms with van der Waals surface area (Å²) in [6, 6.07) is 1.94. The lowest BCUT2D eigenvalue weighted by Crippen LogP contribution is -2.30. The van der Waals surface area contributed by atoms with Gasteiger partial charge in [-0.05, 0) is 12.6 Å². The van der Waals surface area contributed by atoms with E-state index in [1.807, 2.05) is 16.9 Å². The minimum atomic E-state index is 0.590. The predicted octanol–water partition coefficient (Wildman–Crippen LogP) is 0.881. The third-order valence-electron chi connectivity index (χ3n) is 2.33. The molecular formula is C10H18N4S. The Morgan fingerprint density at radius 1 is 1.53 bits per heavy atom. The van der Waals surface area contributed by atoms with Gasteiger partial charge < -0.3 is 10.6 Å². The highest BCUT2D eigenvalue weighted by Gasteiger charge is 2.02. The van der Waals surface area contributed by atoms with Crippen LogP contribution in [-0.2, 0) is 6.54 Å². The first-order chi connectivity index (χ1) is 7.22. The zero-order valence-electron chi connectivity index (χ0n) is 9.09. The van der Waals surface area contributed by atoms with Gasteiger partial charge in [0.2, 0.25) is 0 Å². The molecular weight excluding hydrogens is 208 g/mol. The molecule has 84 valence electrons. The van der Waals surface area contributed by atoms with Crippen LogP contribution in [0.5, 0.6) is 0 Å². The second-order valence-electron chi connectivity index (χ2n) is 3.42. The van der Waals surface area contributed by atoms with Crippen LogP contribution >= 0.6 is 12.2 Å². The molecule has 5 heteroatoms. The molecule has 0 aliphatic heterocycles. The fraction of sp³-hybridized carbons (Fsp3) is 0.600. The number of nitrogens with two attached hydrogens (primary N) is 1. The maximum absolute atomic E-state index is 5.47. The van der Waals surface area contributed by atoms with E-state index in [0.29, 0.717) is 4.99 Å². The number of rotatable bonds is 7. The maximum atomic E-state index is 5.47. The van der Waals surface area contributed by atoms with Crippen LogP contribution in [0.3, 0.4) is 0 Å². The first kappa shape index (κ1) is 12.1. The van der Waals surface area contributed by atoms with Gasteiger partial charge in [-0.1, -0.05) is 19.1 Å². The van der Waals surface area contributed by atoms with E-state index in [9.17, 15) is 0 Å². The molecule has 0 aromatic carbocycles. The molecule has 2 N–H and O–H groups in total. The lowest BCUT2D eigenvalue weighted by atomic mass is 10.3. The Morgan fingerprint density at radius 3 is 2.87 bits per heavy atom. The number of nitrogens with zero attached hydrogens (tertiary/aromatic N) is 3. The molecule has 1 aromatic heterocycles. The lowest BCUT2D eigenvalue weighted by molar-refractivity contribution is 0.279. The molecule has 0 radical (unpaired) electrons. The summed E-state index contributed by atoms with van der Waals surface area (Å²) in [6.45, 7) is 6.00. The molecule has 0 aliphatic carbocycles. The standard InChI is InChI=1S/C10H18N4S/c1-2-13(7-4-10(11)15)8-9-14-6-3-5-12-14/h3,5-6H,2,4,7-9H2,1H3,(H2,11,15). The molecule has 0 saturated carbocycles. The molecule has 0 unspecified atom stereocenters. The Morgan fingerprint density at radius 2 is 2.33 bits per heavy atom. The van der Waals surface area contributed by atoms with E-state index in [0.717, 1.165) is 32.6 Å². The number of thiocarbonyl (C=S) groups is 1. The van der Waals surface area contributed by atoms with Gasteiger partial charge in [0.15, 0.2) is 0 Å². The molecule has 0 amide bonds. The Labute approximate surface area is 96.1 Å². The third-order valence-corrected chi connectivity index (χ3v) is 2.53. The predicted molar refractivity (Wildman–Crippen MR) is 65.7 cm³/mol. The zero-order chi connectivity index (χ0) is 11.1. The first-order valence-electron chi connectivity index (χ1n) is 5.20. The highest BCUT2D eigenvalue weighted by atomic mass is 32.1. The topological polar surface area (TPSA) is 47.1 Å². The van der Waals surface area contributed by atoms with E-state index >= 15 is 0 Å². The van der Waals surface area contributed by atoms with Gasteiger partial charge in [0.1, 0.15) is 0 Å². The zero-order valence-corrected chi connectivity index (χ0v) is 9.91. The quantitative estimate of drug-likeness (QED) is 0.701. The molecule has 1 heterocycles. The Bertz CT molecular complexity index is 284. The maximum Gasteiger partial charge on any atom is 0.0740 e. The van der Waals surface area contributed by atoms with E-state index in [4.69, 9.17) is 18.0 Å². The Kier molecular flexibility index (Phi) is 5.28. The highest BCUT2D eigenvalue weighted by molar-refractivity contribution is 7.80.